The van der Waals surface area contributed by atoms with E-state index in [-0.39, 0.29) is 0 Å². The number of alkyl halides is 1. The molecule has 0 unspecified atom stereocenters. The molecule has 1 fully saturated rings. The lowest BCUT2D eigenvalue weighted by Gasteiger charge is -2.30. The summed E-state index contributed by atoms with van der Waals surface area (Å²) in [6.07, 6.45) is 2.82. The Morgan fingerprint density at radius 1 is 1.50 bits per heavy atom. The Hall–Kier alpha value is -0.370. The molecule has 0 aromatic rings. The third kappa shape index (κ3) is 1.57. The van der Waals surface area contributed by atoms with Crippen LogP contribution in [-0.2, 0) is 0 Å². The fourth-order valence-electron chi connectivity index (χ4n) is 1.29. The smallest absolute Gasteiger partial charge is 0.100 e. The largest absolute Gasteiger partial charge is 0.386 e. The van der Waals surface area contributed by atoms with Gasteiger partial charge in [0.2, 0.25) is 0 Å². The van der Waals surface area contributed by atoms with E-state index in [1.165, 1.54) is 6.08 Å². The van der Waals surface area contributed by atoms with Crippen molar-refractivity contribution in [1.82, 2.24) is 0 Å². The Labute approximate surface area is 60.6 Å². The van der Waals surface area contributed by atoms with Crippen LogP contribution in [0.2, 0.25) is 0 Å². The van der Waals surface area contributed by atoms with Crippen molar-refractivity contribution in [2.24, 2.45) is 0 Å². The molecular weight excluding hydrogens is 131 g/mol. The molecular formula is C8H13FO. The lowest BCUT2D eigenvalue weighted by atomic mass is 9.84. The molecule has 0 atom stereocenters. The molecule has 0 radical (unpaired) electrons. The summed E-state index contributed by atoms with van der Waals surface area (Å²) in [5.41, 5.74) is -0.775. The molecule has 0 heterocycles. The van der Waals surface area contributed by atoms with Gasteiger partial charge in [-0.15, -0.1) is 6.58 Å². The highest BCUT2D eigenvalue weighted by Gasteiger charge is 2.29. The Morgan fingerprint density at radius 3 is 2.40 bits per heavy atom. The van der Waals surface area contributed by atoms with Crippen molar-refractivity contribution in [2.45, 2.75) is 37.5 Å². The van der Waals surface area contributed by atoms with Crippen molar-refractivity contribution in [2.75, 3.05) is 0 Å². The van der Waals surface area contributed by atoms with Crippen molar-refractivity contribution >= 4 is 0 Å². The van der Waals surface area contributed by atoms with Crippen LogP contribution >= 0.6 is 0 Å². The van der Waals surface area contributed by atoms with E-state index in [9.17, 15) is 9.50 Å². The fourth-order valence-corrected chi connectivity index (χ4v) is 1.29. The second-order valence-corrected chi connectivity index (χ2v) is 2.98. The molecule has 0 spiro atoms. The van der Waals surface area contributed by atoms with Crippen LogP contribution < -0.4 is 0 Å². The van der Waals surface area contributed by atoms with Crippen LogP contribution in [0, 0.1) is 0 Å². The van der Waals surface area contributed by atoms with Crippen LogP contribution in [0.4, 0.5) is 4.39 Å². The van der Waals surface area contributed by atoms with Crippen LogP contribution in [0.1, 0.15) is 25.7 Å². The van der Waals surface area contributed by atoms with E-state index < -0.39 is 11.8 Å². The summed E-state index contributed by atoms with van der Waals surface area (Å²) in [6.45, 7) is 3.51. The zero-order valence-electron chi connectivity index (χ0n) is 6.02. The zero-order valence-corrected chi connectivity index (χ0v) is 6.02. The van der Waals surface area contributed by atoms with Crippen LogP contribution in [0.25, 0.3) is 0 Å². The van der Waals surface area contributed by atoms with Gasteiger partial charge in [-0.05, 0) is 25.7 Å². The minimum absolute atomic E-state index is 0.475. The van der Waals surface area contributed by atoms with E-state index in [4.69, 9.17) is 0 Å². The van der Waals surface area contributed by atoms with Crippen molar-refractivity contribution in [3.05, 3.63) is 12.7 Å². The summed E-state index contributed by atoms with van der Waals surface area (Å²) < 4.78 is 12.5. The Kier molecular flexibility index (Phi) is 2.09. The first-order valence-electron chi connectivity index (χ1n) is 3.66. The summed E-state index contributed by atoms with van der Waals surface area (Å²) in [5, 5.41) is 9.51. The van der Waals surface area contributed by atoms with Crippen molar-refractivity contribution in [3.63, 3.8) is 0 Å². The second-order valence-electron chi connectivity index (χ2n) is 2.98. The van der Waals surface area contributed by atoms with Gasteiger partial charge in [-0.2, -0.15) is 0 Å². The molecule has 1 nitrogen and oxygen atoms in total. The van der Waals surface area contributed by atoms with Gasteiger partial charge in [-0.25, -0.2) is 4.39 Å². The molecule has 0 aromatic heterocycles. The monoisotopic (exact) mass is 144 g/mol. The molecule has 1 rings (SSSR count). The van der Waals surface area contributed by atoms with E-state index in [2.05, 4.69) is 6.58 Å². The second kappa shape index (κ2) is 2.70. The fraction of sp³-hybridized carbons (Fsp3) is 0.750. The molecule has 0 bridgehead atoms. The topological polar surface area (TPSA) is 20.2 Å². The quantitative estimate of drug-likeness (QED) is 0.556. The maximum atomic E-state index is 12.5. The highest BCUT2D eigenvalue weighted by molar-refractivity contribution is 4.98. The molecule has 0 aliphatic heterocycles. The van der Waals surface area contributed by atoms with Gasteiger partial charge < -0.3 is 5.11 Å². The van der Waals surface area contributed by atoms with Gasteiger partial charge in [0.15, 0.2) is 0 Å². The van der Waals surface area contributed by atoms with E-state index >= 15 is 0 Å². The average molecular weight is 144 g/mol. The zero-order chi connectivity index (χ0) is 7.61. The standard InChI is InChI=1S/C8H13FO/c1-2-8(10)5-3-7(9)4-6-8/h2,7,10H,1,3-6H2/t7-,8+. The molecule has 0 amide bonds. The number of rotatable bonds is 1. The SMILES string of the molecule is C=C[C@]1(O)CC[C@@H](F)CC1. The highest BCUT2D eigenvalue weighted by atomic mass is 19.1. The van der Waals surface area contributed by atoms with E-state index in [1.54, 1.807) is 0 Å². The molecule has 2 heteroatoms. The Bertz CT molecular complexity index is 125. The van der Waals surface area contributed by atoms with Gasteiger partial charge in [0.1, 0.15) is 6.17 Å². The predicted octanol–water partition coefficient (Wildman–Crippen LogP) is 1.82. The lowest BCUT2D eigenvalue weighted by Crippen LogP contribution is -2.31. The number of aliphatic hydroxyl groups is 1. The first kappa shape index (κ1) is 7.73. The molecule has 1 aliphatic carbocycles. The molecule has 1 aliphatic rings. The number of hydrogen-bond donors (Lipinski definition) is 1. The molecule has 1 N–H and O–H groups in total. The summed E-state index contributed by atoms with van der Waals surface area (Å²) in [6, 6.07) is 0. The predicted molar refractivity (Wildman–Crippen MR) is 38.5 cm³/mol. The minimum Gasteiger partial charge on any atom is -0.386 e. The maximum Gasteiger partial charge on any atom is 0.100 e. The molecule has 10 heavy (non-hydrogen) atoms. The van der Waals surface area contributed by atoms with E-state index in [1.807, 2.05) is 0 Å². The summed E-state index contributed by atoms with van der Waals surface area (Å²) in [4.78, 5) is 0. The van der Waals surface area contributed by atoms with Crippen LogP contribution in [0.15, 0.2) is 12.7 Å². The van der Waals surface area contributed by atoms with Crippen molar-refractivity contribution < 1.29 is 9.50 Å². The number of halogens is 1. The third-order valence-electron chi connectivity index (χ3n) is 2.16. The van der Waals surface area contributed by atoms with Crippen LogP contribution in [-0.4, -0.2) is 16.9 Å². The maximum absolute atomic E-state index is 12.5. The molecule has 0 saturated heterocycles. The van der Waals surface area contributed by atoms with Gasteiger partial charge in [0.05, 0.1) is 5.60 Å². The van der Waals surface area contributed by atoms with Gasteiger partial charge in [0, 0.05) is 0 Å². The molecule has 1 saturated carbocycles. The van der Waals surface area contributed by atoms with Crippen molar-refractivity contribution in [1.29, 1.82) is 0 Å². The minimum atomic E-state index is -0.775. The summed E-state index contributed by atoms with van der Waals surface area (Å²) in [5.74, 6) is 0. The van der Waals surface area contributed by atoms with Gasteiger partial charge in [-0.1, -0.05) is 6.08 Å². The third-order valence-corrected chi connectivity index (χ3v) is 2.16. The molecule has 0 aromatic carbocycles. The summed E-state index contributed by atoms with van der Waals surface area (Å²) >= 11 is 0. The number of hydrogen-bond acceptors (Lipinski definition) is 1. The van der Waals surface area contributed by atoms with Gasteiger partial charge in [-0.3, -0.25) is 0 Å². The van der Waals surface area contributed by atoms with E-state index in [0.29, 0.717) is 25.7 Å². The first-order valence-corrected chi connectivity index (χ1v) is 3.66. The van der Waals surface area contributed by atoms with Crippen molar-refractivity contribution in [3.8, 4) is 0 Å². The normalized spacial score (nSPS) is 41.2. The Morgan fingerprint density at radius 2 is 2.00 bits per heavy atom. The highest BCUT2D eigenvalue weighted by Crippen LogP contribution is 2.30. The van der Waals surface area contributed by atoms with Gasteiger partial charge >= 0.3 is 0 Å². The van der Waals surface area contributed by atoms with Gasteiger partial charge in [0.25, 0.3) is 0 Å². The van der Waals surface area contributed by atoms with Crippen LogP contribution in [0.5, 0.6) is 0 Å². The lowest BCUT2D eigenvalue weighted by molar-refractivity contribution is 0.0275. The first-order chi connectivity index (χ1) is 4.66. The Balaban J connectivity index is 2.46. The molecule has 58 valence electrons. The van der Waals surface area contributed by atoms with Crippen LogP contribution in [0.3, 0.4) is 0 Å². The summed E-state index contributed by atoms with van der Waals surface area (Å²) in [7, 11) is 0. The average Bonchev–Trinajstić information content (AvgIpc) is 1.96. The van der Waals surface area contributed by atoms with E-state index in [0.717, 1.165) is 0 Å².